The molecule has 2 amide bonds. The van der Waals surface area contributed by atoms with Gasteiger partial charge in [0.15, 0.2) is 0 Å². The number of methoxy groups -OCH3 is 2. The largest absolute Gasteiger partial charge is 0.468 e. The van der Waals surface area contributed by atoms with Crippen LogP contribution in [0.1, 0.15) is 49.3 Å². The number of likely N-dealkylation sites (N-methyl/N-ethyl adjacent to an activating group) is 2. The van der Waals surface area contributed by atoms with E-state index in [1.165, 1.54) is 14.2 Å². The maximum Gasteiger partial charge on any atom is 0.325 e. The van der Waals surface area contributed by atoms with Gasteiger partial charge in [-0.25, -0.2) is 0 Å². The Morgan fingerprint density at radius 3 is 1.75 bits per heavy atom. The lowest BCUT2D eigenvalue weighted by atomic mass is 10.1. The van der Waals surface area contributed by atoms with Crippen molar-refractivity contribution >= 4 is 74.9 Å². The highest BCUT2D eigenvalue weighted by molar-refractivity contribution is 8.76. The van der Waals surface area contributed by atoms with Crippen molar-refractivity contribution in [3.05, 3.63) is 114 Å². The van der Waals surface area contributed by atoms with Gasteiger partial charge in [-0.3, -0.25) is 19.2 Å². The maximum absolute atomic E-state index is 12.3. The minimum Gasteiger partial charge on any atom is -0.468 e. The second kappa shape index (κ2) is 28.1. The predicted molar refractivity (Wildman–Crippen MR) is 246 cm³/mol. The highest BCUT2D eigenvalue weighted by atomic mass is 33.1. The fourth-order valence-electron chi connectivity index (χ4n) is 5.48. The smallest absolute Gasteiger partial charge is 0.325 e. The zero-order valence-electron chi connectivity index (χ0n) is 35.0. The number of hydrogen-bond donors (Lipinski definition) is 3. The predicted octanol–water partition coefficient (Wildman–Crippen LogP) is 6.81. The molecule has 0 aliphatic heterocycles. The third-order valence-corrected chi connectivity index (χ3v) is 11.3. The van der Waals surface area contributed by atoms with Gasteiger partial charge in [-0.2, -0.15) is 0 Å². The van der Waals surface area contributed by atoms with Crippen molar-refractivity contribution in [3.63, 3.8) is 0 Å². The molecule has 0 radical (unpaired) electrons. The molecule has 0 atom stereocenters. The molecule has 14 heteroatoms. The van der Waals surface area contributed by atoms with E-state index in [1.54, 1.807) is 21.6 Å². The Morgan fingerprint density at radius 2 is 1.20 bits per heavy atom. The Kier molecular flexibility index (Phi) is 22.9. The van der Waals surface area contributed by atoms with Crippen LogP contribution in [-0.4, -0.2) is 101 Å². The van der Waals surface area contributed by atoms with Crippen LogP contribution in [0.25, 0.3) is 18.2 Å². The lowest BCUT2D eigenvalue weighted by Crippen LogP contribution is -2.26. The monoisotopic (exact) mass is 844 g/mol. The molecular formula is C45H60N6O6S2. The van der Waals surface area contributed by atoms with Crippen LogP contribution in [0.15, 0.2) is 97.0 Å². The number of esters is 2. The van der Waals surface area contributed by atoms with E-state index in [0.29, 0.717) is 32.5 Å². The Labute approximate surface area is 357 Å². The number of ether oxygens (including phenoxy) is 2. The van der Waals surface area contributed by atoms with Crippen molar-refractivity contribution in [1.82, 2.24) is 20.5 Å². The second-order valence-corrected chi connectivity index (χ2v) is 16.2. The normalized spacial score (nSPS) is 11.6. The molecule has 0 bridgehead atoms. The quantitative estimate of drug-likeness (QED) is 0.0324. The molecule has 59 heavy (non-hydrogen) atoms. The summed E-state index contributed by atoms with van der Waals surface area (Å²) in [7, 11) is 9.86. The first kappa shape index (κ1) is 48.0. The SMILES string of the molecule is C/C=C(\C=C/NCCCC(=O)NCCSSCCNC(=O)CCCn1ccc(/C=C/c2ccc(N(C)CC(=O)OC)cc2)c1)/C=C/c1ccc(N(C)CC(=O)OC)cc1. The molecule has 0 saturated heterocycles. The third kappa shape index (κ3) is 20.3. The third-order valence-electron chi connectivity index (χ3n) is 8.94. The lowest BCUT2D eigenvalue weighted by molar-refractivity contribution is -0.139. The van der Waals surface area contributed by atoms with E-state index in [-0.39, 0.29) is 36.8 Å². The summed E-state index contributed by atoms with van der Waals surface area (Å²) >= 11 is 0. The van der Waals surface area contributed by atoms with E-state index in [2.05, 4.69) is 38.9 Å². The summed E-state index contributed by atoms with van der Waals surface area (Å²) in [6.45, 7) is 5.07. The van der Waals surface area contributed by atoms with Crippen LogP contribution in [0.4, 0.5) is 11.4 Å². The van der Waals surface area contributed by atoms with Crippen LogP contribution in [0.2, 0.25) is 0 Å². The van der Waals surface area contributed by atoms with E-state index < -0.39 is 0 Å². The molecule has 0 aliphatic rings. The Balaban J connectivity index is 1.16. The van der Waals surface area contributed by atoms with Gasteiger partial charge in [0, 0.05) is 88.4 Å². The van der Waals surface area contributed by atoms with Gasteiger partial charge in [-0.15, -0.1) is 0 Å². The highest BCUT2D eigenvalue weighted by Gasteiger charge is 2.08. The van der Waals surface area contributed by atoms with Crippen LogP contribution < -0.4 is 25.8 Å². The average Bonchev–Trinajstić information content (AvgIpc) is 3.70. The maximum atomic E-state index is 12.3. The minimum absolute atomic E-state index is 0.0471. The molecule has 3 aromatic rings. The summed E-state index contributed by atoms with van der Waals surface area (Å²) in [4.78, 5) is 51.2. The summed E-state index contributed by atoms with van der Waals surface area (Å²) in [5, 5.41) is 9.23. The first-order chi connectivity index (χ1) is 28.6. The Morgan fingerprint density at radius 1 is 0.678 bits per heavy atom. The number of benzene rings is 2. The fourth-order valence-corrected chi connectivity index (χ4v) is 7.29. The molecule has 3 rings (SSSR count). The van der Waals surface area contributed by atoms with Crippen molar-refractivity contribution in [2.24, 2.45) is 0 Å². The summed E-state index contributed by atoms with van der Waals surface area (Å²) in [6, 6.07) is 18.0. The summed E-state index contributed by atoms with van der Waals surface area (Å²) < 4.78 is 11.6. The number of amides is 2. The number of allylic oxidation sites excluding steroid dienone is 4. The van der Waals surface area contributed by atoms with Crippen molar-refractivity contribution in [3.8, 4) is 0 Å². The van der Waals surface area contributed by atoms with Crippen LogP contribution in [0.5, 0.6) is 0 Å². The van der Waals surface area contributed by atoms with E-state index in [9.17, 15) is 19.2 Å². The number of nitrogens with zero attached hydrogens (tertiary/aromatic N) is 3. The van der Waals surface area contributed by atoms with Gasteiger partial charge in [0.1, 0.15) is 13.1 Å². The molecule has 2 aromatic carbocycles. The molecule has 12 nitrogen and oxygen atoms in total. The van der Waals surface area contributed by atoms with E-state index in [4.69, 9.17) is 9.47 Å². The molecule has 0 saturated carbocycles. The zero-order chi connectivity index (χ0) is 42.7. The summed E-state index contributed by atoms with van der Waals surface area (Å²) in [6.07, 6.45) is 20.6. The molecule has 0 fully saturated rings. The number of nitrogens with one attached hydrogen (secondary N) is 3. The molecule has 1 heterocycles. The molecular weight excluding hydrogens is 785 g/mol. The second-order valence-electron chi connectivity index (χ2n) is 13.5. The summed E-state index contributed by atoms with van der Waals surface area (Å²) in [5.74, 6) is 1.16. The minimum atomic E-state index is -0.279. The van der Waals surface area contributed by atoms with Crippen molar-refractivity contribution in [1.29, 1.82) is 0 Å². The van der Waals surface area contributed by atoms with Gasteiger partial charge >= 0.3 is 11.9 Å². The van der Waals surface area contributed by atoms with E-state index in [0.717, 1.165) is 64.5 Å². The number of aryl methyl sites for hydroxylation is 1. The van der Waals surface area contributed by atoms with Crippen molar-refractivity contribution < 1.29 is 28.7 Å². The highest BCUT2D eigenvalue weighted by Crippen LogP contribution is 2.20. The topological polar surface area (TPSA) is 134 Å². The number of carbonyl (C=O) groups excluding carboxylic acids is 4. The number of hydrogen-bond acceptors (Lipinski definition) is 11. The Bertz CT molecular complexity index is 1860. The molecule has 1 aromatic heterocycles. The van der Waals surface area contributed by atoms with Gasteiger partial charge < -0.3 is 39.8 Å². The standard InChI is InChI=1S/C45H60N6O6S2/c1-6-36(11-12-37-15-19-40(20-16-37)49(2)34-44(54)56-4)23-26-46-25-7-9-42(52)47-27-31-58-59-32-28-48-43(53)10-8-29-51-30-24-39(33-51)14-13-38-17-21-41(22-18-38)50(3)35-45(55)57-5/h6,11-24,26,30,33,46H,7-10,25,27-29,31-32,34-35H2,1-5H3,(H,47,52)(H,48,53)/b12-11+,14-13+,26-23-,36-6-. The van der Waals surface area contributed by atoms with Gasteiger partial charge in [0.05, 0.1) is 14.2 Å². The van der Waals surface area contributed by atoms with Crippen LogP contribution >= 0.6 is 21.6 Å². The average molecular weight is 845 g/mol. The molecule has 0 aliphatic carbocycles. The van der Waals surface area contributed by atoms with E-state index >= 15 is 0 Å². The molecule has 0 unspecified atom stereocenters. The number of rotatable bonds is 27. The van der Waals surface area contributed by atoms with Gasteiger partial charge in [0.25, 0.3) is 0 Å². The molecule has 0 spiro atoms. The van der Waals surface area contributed by atoms with Crippen molar-refractivity contribution in [2.75, 3.05) is 82.3 Å². The van der Waals surface area contributed by atoms with E-state index in [1.807, 2.05) is 122 Å². The first-order valence-corrected chi connectivity index (χ1v) is 22.2. The number of carbonyl (C=O) groups is 4. The summed E-state index contributed by atoms with van der Waals surface area (Å²) in [5.41, 5.74) is 6.12. The number of anilines is 2. The first-order valence-electron chi connectivity index (χ1n) is 19.7. The molecule has 318 valence electrons. The lowest BCUT2D eigenvalue weighted by Gasteiger charge is -2.17. The molecule has 3 N–H and O–H groups in total. The number of aromatic nitrogens is 1. The van der Waals surface area contributed by atoms with Gasteiger partial charge in [-0.05, 0) is 84.6 Å². The van der Waals surface area contributed by atoms with Crippen LogP contribution in [0.3, 0.4) is 0 Å². The van der Waals surface area contributed by atoms with Crippen LogP contribution in [-0.2, 0) is 35.2 Å². The fraction of sp³-hybridized carbons (Fsp3) is 0.378. The Hall–Kier alpha value is -5.34. The van der Waals surface area contributed by atoms with Crippen molar-refractivity contribution in [2.45, 2.75) is 39.2 Å². The zero-order valence-corrected chi connectivity index (χ0v) is 36.6. The van der Waals surface area contributed by atoms with Gasteiger partial charge in [0.2, 0.25) is 11.8 Å². The van der Waals surface area contributed by atoms with Gasteiger partial charge in [-0.1, -0.05) is 76.2 Å². The van der Waals surface area contributed by atoms with Crippen LogP contribution in [0, 0.1) is 0 Å².